The van der Waals surface area contributed by atoms with Crippen LogP contribution in [-0.4, -0.2) is 7.05 Å². The van der Waals surface area contributed by atoms with Gasteiger partial charge in [0.15, 0.2) is 0 Å². The van der Waals surface area contributed by atoms with Gasteiger partial charge < -0.3 is 10.6 Å². The molecule has 0 atom stereocenters. The zero-order valence-electron chi connectivity index (χ0n) is 10.0. The topological polar surface area (TPSA) is 29.3 Å². The third kappa shape index (κ3) is 2.93. The molecule has 0 bridgehead atoms. The third-order valence-electron chi connectivity index (χ3n) is 2.73. The zero-order chi connectivity index (χ0) is 13.1. The molecule has 2 aromatic rings. The zero-order valence-corrected chi connectivity index (χ0v) is 10.8. The van der Waals surface area contributed by atoms with Gasteiger partial charge in [-0.3, -0.25) is 0 Å². The number of anilines is 2. The molecular formula is C14H14ClFN2. The Labute approximate surface area is 111 Å². The van der Waals surface area contributed by atoms with Crippen LogP contribution in [0.15, 0.2) is 42.5 Å². The summed E-state index contributed by atoms with van der Waals surface area (Å²) in [5, 5.41) is 0.617. The van der Waals surface area contributed by atoms with Crippen molar-refractivity contribution in [2.45, 2.75) is 6.54 Å². The van der Waals surface area contributed by atoms with Crippen LogP contribution in [-0.2, 0) is 6.54 Å². The van der Waals surface area contributed by atoms with Crippen LogP contribution in [0, 0.1) is 5.82 Å². The van der Waals surface area contributed by atoms with Gasteiger partial charge in [0, 0.05) is 18.6 Å². The maximum Gasteiger partial charge on any atom is 0.123 e. The molecule has 4 heteroatoms. The molecule has 0 amide bonds. The fourth-order valence-corrected chi connectivity index (χ4v) is 2.00. The lowest BCUT2D eigenvalue weighted by Gasteiger charge is -2.21. The number of nitrogens with two attached hydrogens (primary N) is 1. The van der Waals surface area contributed by atoms with E-state index in [0.29, 0.717) is 17.3 Å². The molecule has 0 radical (unpaired) electrons. The molecule has 0 aliphatic rings. The minimum Gasteiger partial charge on any atom is -0.397 e. The lowest BCUT2D eigenvalue weighted by atomic mass is 10.2. The van der Waals surface area contributed by atoms with Crippen molar-refractivity contribution in [3.63, 3.8) is 0 Å². The van der Waals surface area contributed by atoms with E-state index in [4.69, 9.17) is 17.3 Å². The number of nitrogens with zero attached hydrogens (tertiary/aromatic N) is 1. The molecule has 2 rings (SSSR count). The van der Waals surface area contributed by atoms with Gasteiger partial charge in [-0.05, 0) is 35.9 Å². The molecule has 18 heavy (non-hydrogen) atoms. The van der Waals surface area contributed by atoms with Crippen molar-refractivity contribution in [1.82, 2.24) is 0 Å². The average Bonchev–Trinajstić information content (AvgIpc) is 2.32. The second-order valence-corrected chi connectivity index (χ2v) is 4.62. The first-order valence-corrected chi connectivity index (χ1v) is 5.94. The van der Waals surface area contributed by atoms with Crippen LogP contribution < -0.4 is 10.6 Å². The maximum atomic E-state index is 12.8. The lowest BCUT2D eigenvalue weighted by molar-refractivity contribution is 0.627. The molecule has 0 aromatic heterocycles. The SMILES string of the molecule is CN(Cc1ccc(F)cc1)c1ccc(Cl)cc1N. The Morgan fingerprint density at radius 3 is 2.44 bits per heavy atom. The predicted molar refractivity (Wildman–Crippen MR) is 74.4 cm³/mol. The van der Waals surface area contributed by atoms with Gasteiger partial charge in [-0.15, -0.1) is 0 Å². The van der Waals surface area contributed by atoms with E-state index in [0.717, 1.165) is 11.3 Å². The monoisotopic (exact) mass is 264 g/mol. The Hall–Kier alpha value is -1.74. The van der Waals surface area contributed by atoms with Gasteiger partial charge in [0.05, 0.1) is 11.4 Å². The van der Waals surface area contributed by atoms with Gasteiger partial charge in [0.25, 0.3) is 0 Å². The molecule has 2 N–H and O–H groups in total. The van der Waals surface area contributed by atoms with Crippen LogP contribution in [0.4, 0.5) is 15.8 Å². The number of rotatable bonds is 3. The fraction of sp³-hybridized carbons (Fsp3) is 0.143. The van der Waals surface area contributed by atoms with E-state index in [2.05, 4.69) is 0 Å². The number of nitrogen functional groups attached to an aromatic ring is 1. The summed E-state index contributed by atoms with van der Waals surface area (Å²) in [5.74, 6) is -0.229. The van der Waals surface area contributed by atoms with Crippen LogP contribution in [0.2, 0.25) is 5.02 Å². The Morgan fingerprint density at radius 2 is 1.83 bits per heavy atom. The van der Waals surface area contributed by atoms with Crippen molar-refractivity contribution in [2.24, 2.45) is 0 Å². The first-order chi connectivity index (χ1) is 8.56. The van der Waals surface area contributed by atoms with E-state index in [1.807, 2.05) is 18.0 Å². The van der Waals surface area contributed by atoms with Crippen LogP contribution in [0.5, 0.6) is 0 Å². The van der Waals surface area contributed by atoms with Gasteiger partial charge in [-0.25, -0.2) is 4.39 Å². The van der Waals surface area contributed by atoms with E-state index in [9.17, 15) is 4.39 Å². The van der Waals surface area contributed by atoms with E-state index in [1.54, 1.807) is 24.3 Å². The van der Waals surface area contributed by atoms with E-state index in [1.165, 1.54) is 12.1 Å². The number of halogens is 2. The quantitative estimate of drug-likeness (QED) is 0.857. The Balaban J connectivity index is 2.16. The highest BCUT2D eigenvalue weighted by atomic mass is 35.5. The maximum absolute atomic E-state index is 12.8. The Morgan fingerprint density at radius 1 is 1.17 bits per heavy atom. The summed E-state index contributed by atoms with van der Waals surface area (Å²) in [6, 6.07) is 11.8. The van der Waals surface area contributed by atoms with E-state index in [-0.39, 0.29) is 5.82 Å². The number of hydrogen-bond donors (Lipinski definition) is 1. The second-order valence-electron chi connectivity index (χ2n) is 4.19. The molecule has 2 aromatic carbocycles. The Kier molecular flexibility index (Phi) is 3.72. The van der Waals surface area contributed by atoms with Crippen molar-refractivity contribution in [2.75, 3.05) is 17.7 Å². The highest BCUT2D eigenvalue weighted by molar-refractivity contribution is 6.31. The van der Waals surface area contributed by atoms with Gasteiger partial charge in [-0.2, -0.15) is 0 Å². The predicted octanol–water partition coefficient (Wildman–Crippen LogP) is 3.70. The van der Waals surface area contributed by atoms with Gasteiger partial charge in [0.2, 0.25) is 0 Å². The minimum absolute atomic E-state index is 0.229. The Bertz CT molecular complexity index is 540. The first kappa shape index (κ1) is 12.7. The summed E-state index contributed by atoms with van der Waals surface area (Å²) in [7, 11) is 1.93. The second kappa shape index (κ2) is 5.27. The van der Waals surface area contributed by atoms with Crippen molar-refractivity contribution in [1.29, 1.82) is 0 Å². The first-order valence-electron chi connectivity index (χ1n) is 5.57. The molecular weight excluding hydrogens is 251 g/mol. The van der Waals surface area contributed by atoms with Crippen LogP contribution in [0.3, 0.4) is 0 Å². The van der Waals surface area contributed by atoms with Gasteiger partial charge >= 0.3 is 0 Å². The molecule has 0 spiro atoms. The molecule has 0 unspecified atom stereocenters. The van der Waals surface area contributed by atoms with Crippen LogP contribution in [0.25, 0.3) is 0 Å². The smallest absolute Gasteiger partial charge is 0.123 e. The average molecular weight is 265 g/mol. The van der Waals surface area contributed by atoms with Crippen molar-refractivity contribution in [3.8, 4) is 0 Å². The van der Waals surface area contributed by atoms with E-state index >= 15 is 0 Å². The normalized spacial score (nSPS) is 10.4. The van der Waals surface area contributed by atoms with Crippen molar-refractivity contribution in [3.05, 3.63) is 58.9 Å². The molecule has 0 heterocycles. The summed E-state index contributed by atoms with van der Waals surface area (Å²) in [4.78, 5) is 2.00. The summed E-state index contributed by atoms with van der Waals surface area (Å²) in [5.41, 5.74) is 8.47. The lowest BCUT2D eigenvalue weighted by Crippen LogP contribution is -2.17. The summed E-state index contributed by atoms with van der Waals surface area (Å²) in [6.45, 7) is 0.659. The van der Waals surface area contributed by atoms with Crippen molar-refractivity contribution < 1.29 is 4.39 Å². The van der Waals surface area contributed by atoms with E-state index < -0.39 is 0 Å². The van der Waals surface area contributed by atoms with Gasteiger partial charge in [-0.1, -0.05) is 23.7 Å². The summed E-state index contributed by atoms with van der Waals surface area (Å²) in [6.07, 6.45) is 0. The molecule has 2 nitrogen and oxygen atoms in total. The number of hydrogen-bond acceptors (Lipinski definition) is 2. The molecule has 0 saturated carbocycles. The third-order valence-corrected chi connectivity index (χ3v) is 2.97. The molecule has 0 saturated heterocycles. The standard InChI is InChI=1S/C14H14ClFN2/c1-18(9-10-2-5-12(16)6-3-10)14-7-4-11(15)8-13(14)17/h2-8H,9,17H2,1H3. The van der Waals surface area contributed by atoms with Crippen LogP contribution >= 0.6 is 11.6 Å². The summed E-state index contributed by atoms with van der Waals surface area (Å²) >= 11 is 5.86. The molecule has 0 aliphatic heterocycles. The van der Waals surface area contributed by atoms with Gasteiger partial charge in [0.1, 0.15) is 5.82 Å². The largest absolute Gasteiger partial charge is 0.397 e. The molecule has 94 valence electrons. The fourth-order valence-electron chi connectivity index (χ4n) is 1.82. The summed E-state index contributed by atoms with van der Waals surface area (Å²) < 4.78 is 12.8. The molecule has 0 aliphatic carbocycles. The minimum atomic E-state index is -0.229. The highest BCUT2D eigenvalue weighted by Crippen LogP contribution is 2.26. The molecule has 0 fully saturated rings. The van der Waals surface area contributed by atoms with Crippen LogP contribution in [0.1, 0.15) is 5.56 Å². The highest BCUT2D eigenvalue weighted by Gasteiger charge is 2.06. The number of benzene rings is 2. The van der Waals surface area contributed by atoms with Crippen molar-refractivity contribution >= 4 is 23.0 Å².